The van der Waals surface area contributed by atoms with Gasteiger partial charge in [0.25, 0.3) is 0 Å². The van der Waals surface area contributed by atoms with Gasteiger partial charge in [-0.1, -0.05) is 45.1 Å². The van der Waals surface area contributed by atoms with Crippen molar-refractivity contribution >= 4 is 0 Å². The third-order valence-electron chi connectivity index (χ3n) is 2.46. The maximum Gasteiger partial charge on any atom is 0.0609 e. The molecule has 0 N–H and O–H groups in total. The van der Waals surface area contributed by atoms with Crippen LogP contribution in [0.3, 0.4) is 0 Å². The van der Waals surface area contributed by atoms with Gasteiger partial charge in [-0.2, -0.15) is 0 Å². The molecule has 0 heterocycles. The summed E-state index contributed by atoms with van der Waals surface area (Å²) in [5, 5.41) is 0. The lowest BCUT2D eigenvalue weighted by Gasteiger charge is -2.14. The fraction of sp³-hybridized carbons (Fsp3) is 0.846. The lowest BCUT2D eigenvalue weighted by atomic mass is 10.1. The molecular formula is C13H26O. The molecule has 0 aromatic heterocycles. The summed E-state index contributed by atoms with van der Waals surface area (Å²) in [5.74, 6) is 0. The van der Waals surface area contributed by atoms with Crippen LogP contribution in [0.25, 0.3) is 0 Å². The van der Waals surface area contributed by atoms with Gasteiger partial charge in [0.2, 0.25) is 0 Å². The second-order valence-corrected chi connectivity index (χ2v) is 3.80. The van der Waals surface area contributed by atoms with Crippen LogP contribution >= 0.6 is 0 Å². The van der Waals surface area contributed by atoms with Crippen molar-refractivity contribution in [1.82, 2.24) is 0 Å². The summed E-state index contributed by atoms with van der Waals surface area (Å²) in [6.45, 7) is 8.90. The van der Waals surface area contributed by atoms with Crippen LogP contribution in [0.5, 0.6) is 0 Å². The minimum absolute atomic E-state index is 0.416. The zero-order valence-electron chi connectivity index (χ0n) is 9.93. The van der Waals surface area contributed by atoms with E-state index in [4.69, 9.17) is 4.74 Å². The van der Waals surface area contributed by atoms with E-state index in [-0.39, 0.29) is 0 Å². The molecule has 0 bridgehead atoms. The van der Waals surface area contributed by atoms with Gasteiger partial charge in [-0.15, -0.1) is 6.58 Å². The third-order valence-corrected chi connectivity index (χ3v) is 2.46. The Hall–Kier alpha value is -0.300. The van der Waals surface area contributed by atoms with Gasteiger partial charge in [0.05, 0.1) is 6.10 Å². The molecule has 0 spiro atoms. The van der Waals surface area contributed by atoms with Crippen LogP contribution < -0.4 is 0 Å². The van der Waals surface area contributed by atoms with Crippen LogP contribution in [0.1, 0.15) is 58.8 Å². The molecule has 1 unspecified atom stereocenters. The fourth-order valence-electron chi connectivity index (χ4n) is 1.67. The van der Waals surface area contributed by atoms with Gasteiger partial charge in [-0.25, -0.2) is 0 Å². The molecule has 0 aromatic rings. The maximum atomic E-state index is 5.62. The van der Waals surface area contributed by atoms with Gasteiger partial charge in [0.1, 0.15) is 0 Å². The normalized spacial score (nSPS) is 12.7. The van der Waals surface area contributed by atoms with Crippen molar-refractivity contribution in [3.05, 3.63) is 12.7 Å². The van der Waals surface area contributed by atoms with Crippen LogP contribution in [0, 0.1) is 0 Å². The van der Waals surface area contributed by atoms with Crippen LogP contribution in [0.4, 0.5) is 0 Å². The van der Waals surface area contributed by atoms with E-state index in [1.54, 1.807) is 0 Å². The molecular weight excluding hydrogens is 172 g/mol. The van der Waals surface area contributed by atoms with E-state index in [1.807, 2.05) is 6.08 Å². The summed E-state index contributed by atoms with van der Waals surface area (Å²) in [7, 11) is 0. The summed E-state index contributed by atoms with van der Waals surface area (Å²) < 4.78 is 5.62. The topological polar surface area (TPSA) is 9.23 Å². The average Bonchev–Trinajstić information content (AvgIpc) is 2.18. The van der Waals surface area contributed by atoms with E-state index in [1.165, 1.54) is 38.5 Å². The number of hydrogen-bond acceptors (Lipinski definition) is 1. The van der Waals surface area contributed by atoms with Crippen molar-refractivity contribution in [1.29, 1.82) is 0 Å². The Bertz CT molecular complexity index is 120. The van der Waals surface area contributed by atoms with Crippen molar-refractivity contribution in [3.63, 3.8) is 0 Å². The first-order valence-corrected chi connectivity index (χ1v) is 6.07. The molecule has 1 nitrogen and oxygen atoms in total. The summed E-state index contributed by atoms with van der Waals surface area (Å²) in [6, 6.07) is 0. The Morgan fingerprint density at radius 2 is 1.86 bits per heavy atom. The fourth-order valence-corrected chi connectivity index (χ4v) is 1.67. The highest BCUT2D eigenvalue weighted by Crippen LogP contribution is 2.12. The lowest BCUT2D eigenvalue weighted by molar-refractivity contribution is 0.0571. The summed E-state index contributed by atoms with van der Waals surface area (Å²) >= 11 is 0. The van der Waals surface area contributed by atoms with Gasteiger partial charge in [0.15, 0.2) is 0 Å². The first-order valence-electron chi connectivity index (χ1n) is 6.07. The van der Waals surface area contributed by atoms with Gasteiger partial charge in [-0.05, 0) is 19.8 Å². The molecule has 0 amide bonds. The monoisotopic (exact) mass is 198 g/mol. The third kappa shape index (κ3) is 8.31. The molecule has 0 radical (unpaired) electrons. The Morgan fingerprint density at radius 1 is 1.14 bits per heavy atom. The van der Waals surface area contributed by atoms with E-state index in [0.717, 1.165) is 13.0 Å². The molecule has 1 heteroatoms. The molecule has 0 rings (SSSR count). The van der Waals surface area contributed by atoms with E-state index in [9.17, 15) is 0 Å². The highest BCUT2D eigenvalue weighted by molar-refractivity contribution is 4.73. The van der Waals surface area contributed by atoms with Crippen molar-refractivity contribution in [2.45, 2.75) is 64.9 Å². The number of ether oxygens (including phenoxy) is 1. The molecule has 0 aliphatic carbocycles. The maximum absolute atomic E-state index is 5.62. The predicted molar refractivity (Wildman–Crippen MR) is 63.6 cm³/mol. The summed E-state index contributed by atoms with van der Waals surface area (Å²) in [6.07, 6.45) is 11.3. The van der Waals surface area contributed by atoms with Crippen LogP contribution in [0.2, 0.25) is 0 Å². The van der Waals surface area contributed by atoms with Crippen molar-refractivity contribution in [2.24, 2.45) is 0 Å². The predicted octanol–water partition coefficient (Wildman–Crippen LogP) is 4.33. The standard InChI is InChI=1S/C13H26O/c1-4-7-8-9-10-12-13(11-5-2)14-6-3/h5,13H,2,4,6-12H2,1,3H3. The van der Waals surface area contributed by atoms with Crippen LogP contribution in [-0.2, 0) is 4.74 Å². The molecule has 14 heavy (non-hydrogen) atoms. The number of unbranched alkanes of at least 4 members (excludes halogenated alkanes) is 4. The highest BCUT2D eigenvalue weighted by Gasteiger charge is 2.05. The molecule has 0 aromatic carbocycles. The number of hydrogen-bond donors (Lipinski definition) is 0. The minimum Gasteiger partial charge on any atom is -0.378 e. The van der Waals surface area contributed by atoms with Gasteiger partial charge >= 0.3 is 0 Å². The zero-order valence-corrected chi connectivity index (χ0v) is 9.93. The molecule has 0 fully saturated rings. The largest absolute Gasteiger partial charge is 0.378 e. The smallest absolute Gasteiger partial charge is 0.0609 e. The molecule has 0 saturated heterocycles. The second-order valence-electron chi connectivity index (χ2n) is 3.80. The Morgan fingerprint density at radius 3 is 2.43 bits per heavy atom. The van der Waals surface area contributed by atoms with Crippen LogP contribution in [-0.4, -0.2) is 12.7 Å². The summed E-state index contributed by atoms with van der Waals surface area (Å²) in [5.41, 5.74) is 0. The van der Waals surface area contributed by atoms with E-state index in [0.29, 0.717) is 6.10 Å². The van der Waals surface area contributed by atoms with Crippen LogP contribution in [0.15, 0.2) is 12.7 Å². The minimum atomic E-state index is 0.416. The van der Waals surface area contributed by atoms with Gasteiger partial charge in [-0.3, -0.25) is 0 Å². The quantitative estimate of drug-likeness (QED) is 0.375. The van der Waals surface area contributed by atoms with Crippen molar-refractivity contribution in [2.75, 3.05) is 6.61 Å². The second kappa shape index (κ2) is 10.8. The highest BCUT2D eigenvalue weighted by atomic mass is 16.5. The van der Waals surface area contributed by atoms with Gasteiger partial charge < -0.3 is 4.74 Å². The average molecular weight is 198 g/mol. The molecule has 0 aliphatic rings. The Kier molecular flexibility index (Phi) is 10.5. The lowest BCUT2D eigenvalue weighted by Crippen LogP contribution is -2.11. The molecule has 1 atom stereocenters. The molecule has 0 saturated carbocycles. The first-order chi connectivity index (χ1) is 6.85. The molecule has 84 valence electrons. The summed E-state index contributed by atoms with van der Waals surface area (Å²) in [4.78, 5) is 0. The SMILES string of the molecule is C=CCC(CCCCCCC)OCC. The Labute approximate surface area is 89.5 Å². The zero-order chi connectivity index (χ0) is 10.6. The van der Waals surface area contributed by atoms with Crippen molar-refractivity contribution < 1.29 is 4.74 Å². The molecule has 0 aliphatic heterocycles. The van der Waals surface area contributed by atoms with E-state index >= 15 is 0 Å². The Balaban J connectivity index is 3.35. The van der Waals surface area contributed by atoms with Gasteiger partial charge in [0, 0.05) is 6.61 Å². The van der Waals surface area contributed by atoms with Crippen molar-refractivity contribution in [3.8, 4) is 0 Å². The first kappa shape index (κ1) is 13.7. The van der Waals surface area contributed by atoms with E-state index < -0.39 is 0 Å². The number of rotatable bonds is 10. The van der Waals surface area contributed by atoms with E-state index in [2.05, 4.69) is 20.4 Å².